The molecule has 0 aliphatic rings. The Morgan fingerprint density at radius 2 is 1.71 bits per heavy atom. The SMILES string of the molecule is COc1ccc([C@@H](Cc2ccccc2)N[C@@H](C)CO)cc1. The zero-order chi connectivity index (χ0) is 15.1. The normalized spacial score (nSPS) is 13.7. The van der Waals surface area contributed by atoms with Crippen LogP contribution in [0, 0.1) is 0 Å². The molecule has 0 saturated carbocycles. The Bertz CT molecular complexity index is 525. The van der Waals surface area contributed by atoms with E-state index in [1.54, 1.807) is 7.11 Å². The number of aliphatic hydroxyl groups is 1. The van der Waals surface area contributed by atoms with Crippen LogP contribution in [-0.2, 0) is 6.42 Å². The molecule has 0 unspecified atom stereocenters. The van der Waals surface area contributed by atoms with Crippen LogP contribution in [0.25, 0.3) is 0 Å². The van der Waals surface area contributed by atoms with Gasteiger partial charge in [-0.1, -0.05) is 42.5 Å². The quantitative estimate of drug-likeness (QED) is 0.822. The van der Waals surface area contributed by atoms with Crippen molar-refractivity contribution in [2.24, 2.45) is 0 Å². The van der Waals surface area contributed by atoms with Crippen LogP contribution < -0.4 is 10.1 Å². The first-order valence-electron chi connectivity index (χ1n) is 7.27. The van der Waals surface area contributed by atoms with Crippen molar-refractivity contribution in [1.29, 1.82) is 0 Å². The van der Waals surface area contributed by atoms with Crippen molar-refractivity contribution < 1.29 is 9.84 Å². The Labute approximate surface area is 126 Å². The van der Waals surface area contributed by atoms with Gasteiger partial charge in [-0.15, -0.1) is 0 Å². The lowest BCUT2D eigenvalue weighted by Gasteiger charge is -2.23. The predicted molar refractivity (Wildman–Crippen MR) is 85.6 cm³/mol. The van der Waals surface area contributed by atoms with Gasteiger partial charge in [0.05, 0.1) is 13.7 Å². The maximum absolute atomic E-state index is 9.30. The summed E-state index contributed by atoms with van der Waals surface area (Å²) in [4.78, 5) is 0. The van der Waals surface area contributed by atoms with E-state index in [4.69, 9.17) is 4.74 Å². The van der Waals surface area contributed by atoms with Gasteiger partial charge in [0.15, 0.2) is 0 Å². The average molecular weight is 285 g/mol. The molecular formula is C18H23NO2. The molecule has 0 amide bonds. The fraction of sp³-hybridized carbons (Fsp3) is 0.333. The summed E-state index contributed by atoms with van der Waals surface area (Å²) < 4.78 is 5.21. The van der Waals surface area contributed by atoms with E-state index in [0.717, 1.165) is 12.2 Å². The molecule has 3 heteroatoms. The first kappa shape index (κ1) is 15.5. The van der Waals surface area contributed by atoms with Gasteiger partial charge >= 0.3 is 0 Å². The number of ether oxygens (including phenoxy) is 1. The van der Waals surface area contributed by atoms with Gasteiger partial charge in [0.25, 0.3) is 0 Å². The van der Waals surface area contributed by atoms with Crippen molar-refractivity contribution in [2.45, 2.75) is 25.4 Å². The van der Waals surface area contributed by atoms with Gasteiger partial charge in [0, 0.05) is 12.1 Å². The van der Waals surface area contributed by atoms with E-state index in [-0.39, 0.29) is 18.7 Å². The van der Waals surface area contributed by atoms with E-state index in [0.29, 0.717) is 0 Å². The lowest BCUT2D eigenvalue weighted by molar-refractivity contribution is 0.240. The zero-order valence-electron chi connectivity index (χ0n) is 12.6. The Hall–Kier alpha value is -1.84. The molecule has 2 aromatic carbocycles. The van der Waals surface area contributed by atoms with Crippen LogP contribution in [0.5, 0.6) is 5.75 Å². The van der Waals surface area contributed by atoms with E-state index in [1.807, 2.05) is 25.1 Å². The summed E-state index contributed by atoms with van der Waals surface area (Å²) in [7, 11) is 1.67. The van der Waals surface area contributed by atoms with Gasteiger partial charge in [-0.2, -0.15) is 0 Å². The first-order chi connectivity index (χ1) is 10.2. The second-order valence-electron chi connectivity index (χ2n) is 5.27. The summed E-state index contributed by atoms with van der Waals surface area (Å²) in [6.45, 7) is 2.11. The molecule has 0 fully saturated rings. The van der Waals surface area contributed by atoms with Gasteiger partial charge in [-0.3, -0.25) is 0 Å². The molecule has 2 aromatic rings. The molecule has 21 heavy (non-hydrogen) atoms. The number of nitrogens with one attached hydrogen (secondary N) is 1. The van der Waals surface area contributed by atoms with Crippen LogP contribution in [0.15, 0.2) is 54.6 Å². The van der Waals surface area contributed by atoms with Gasteiger partial charge in [0.1, 0.15) is 5.75 Å². The minimum Gasteiger partial charge on any atom is -0.497 e. The molecule has 0 aliphatic heterocycles. The number of rotatable bonds is 7. The third-order valence-electron chi connectivity index (χ3n) is 3.56. The molecule has 0 spiro atoms. The number of methoxy groups -OCH3 is 1. The van der Waals surface area contributed by atoms with Crippen LogP contribution >= 0.6 is 0 Å². The Balaban J connectivity index is 2.17. The first-order valence-corrected chi connectivity index (χ1v) is 7.27. The molecule has 0 aliphatic carbocycles. The fourth-order valence-corrected chi connectivity index (χ4v) is 2.36. The van der Waals surface area contributed by atoms with Crippen LogP contribution in [0.4, 0.5) is 0 Å². The summed E-state index contributed by atoms with van der Waals surface area (Å²) >= 11 is 0. The van der Waals surface area contributed by atoms with E-state index in [2.05, 4.69) is 41.7 Å². The molecule has 0 radical (unpaired) electrons. The highest BCUT2D eigenvalue weighted by Gasteiger charge is 2.14. The third kappa shape index (κ3) is 4.59. The van der Waals surface area contributed by atoms with E-state index < -0.39 is 0 Å². The standard InChI is InChI=1S/C18H23NO2/c1-14(13-20)19-18(12-15-6-4-3-5-7-15)16-8-10-17(21-2)11-9-16/h3-11,14,18-20H,12-13H2,1-2H3/t14-,18+/m0/s1. The van der Waals surface area contributed by atoms with E-state index in [1.165, 1.54) is 11.1 Å². The summed E-state index contributed by atoms with van der Waals surface area (Å²) in [5.74, 6) is 0.854. The minimum absolute atomic E-state index is 0.0563. The van der Waals surface area contributed by atoms with Crippen LogP contribution in [-0.4, -0.2) is 24.9 Å². The van der Waals surface area contributed by atoms with Crippen molar-refractivity contribution in [1.82, 2.24) is 5.32 Å². The lowest BCUT2D eigenvalue weighted by Crippen LogP contribution is -2.34. The van der Waals surface area contributed by atoms with Gasteiger partial charge < -0.3 is 15.2 Å². The van der Waals surface area contributed by atoms with E-state index in [9.17, 15) is 5.11 Å². The van der Waals surface area contributed by atoms with Crippen LogP contribution in [0.2, 0.25) is 0 Å². The summed E-state index contributed by atoms with van der Waals surface area (Å²) in [5.41, 5.74) is 2.47. The Morgan fingerprint density at radius 1 is 1.05 bits per heavy atom. The van der Waals surface area contributed by atoms with Crippen molar-refractivity contribution in [2.75, 3.05) is 13.7 Å². The fourth-order valence-electron chi connectivity index (χ4n) is 2.36. The highest BCUT2D eigenvalue weighted by Crippen LogP contribution is 2.22. The Morgan fingerprint density at radius 3 is 2.29 bits per heavy atom. The molecule has 2 rings (SSSR count). The second kappa shape index (κ2) is 7.81. The molecule has 2 N–H and O–H groups in total. The number of benzene rings is 2. The highest BCUT2D eigenvalue weighted by atomic mass is 16.5. The summed E-state index contributed by atoms with van der Waals surface area (Å²) in [6.07, 6.45) is 0.886. The minimum atomic E-state index is 0.0563. The largest absolute Gasteiger partial charge is 0.497 e. The van der Waals surface area contributed by atoms with Gasteiger partial charge in [-0.25, -0.2) is 0 Å². The lowest BCUT2D eigenvalue weighted by atomic mass is 9.98. The second-order valence-corrected chi connectivity index (χ2v) is 5.27. The van der Waals surface area contributed by atoms with Crippen LogP contribution in [0.1, 0.15) is 24.1 Å². The Kier molecular flexibility index (Phi) is 5.78. The van der Waals surface area contributed by atoms with Crippen molar-refractivity contribution in [3.8, 4) is 5.75 Å². The molecule has 0 heterocycles. The van der Waals surface area contributed by atoms with Crippen molar-refractivity contribution in [3.63, 3.8) is 0 Å². The number of hydrogen-bond acceptors (Lipinski definition) is 3. The van der Waals surface area contributed by atoms with Crippen molar-refractivity contribution >= 4 is 0 Å². The summed E-state index contributed by atoms with van der Waals surface area (Å²) in [5, 5.41) is 12.8. The number of hydrogen-bond donors (Lipinski definition) is 2. The monoisotopic (exact) mass is 285 g/mol. The molecule has 0 bridgehead atoms. The van der Waals surface area contributed by atoms with E-state index >= 15 is 0 Å². The maximum Gasteiger partial charge on any atom is 0.118 e. The van der Waals surface area contributed by atoms with Gasteiger partial charge in [0.2, 0.25) is 0 Å². The van der Waals surface area contributed by atoms with Gasteiger partial charge in [-0.05, 0) is 36.6 Å². The molecule has 0 saturated heterocycles. The molecule has 0 aromatic heterocycles. The highest BCUT2D eigenvalue weighted by molar-refractivity contribution is 5.30. The molecular weight excluding hydrogens is 262 g/mol. The van der Waals surface area contributed by atoms with Crippen LogP contribution in [0.3, 0.4) is 0 Å². The van der Waals surface area contributed by atoms with Crippen molar-refractivity contribution in [3.05, 3.63) is 65.7 Å². The average Bonchev–Trinajstić information content (AvgIpc) is 2.55. The molecule has 112 valence electrons. The number of aliphatic hydroxyl groups excluding tert-OH is 1. The molecule has 2 atom stereocenters. The molecule has 3 nitrogen and oxygen atoms in total. The summed E-state index contributed by atoms with van der Waals surface area (Å²) in [6, 6.07) is 18.7. The predicted octanol–water partition coefficient (Wildman–Crippen LogP) is 2.95. The third-order valence-corrected chi connectivity index (χ3v) is 3.56. The topological polar surface area (TPSA) is 41.5 Å². The maximum atomic E-state index is 9.30. The smallest absolute Gasteiger partial charge is 0.118 e. The zero-order valence-corrected chi connectivity index (χ0v) is 12.6.